The summed E-state index contributed by atoms with van der Waals surface area (Å²) >= 11 is 0. The van der Waals surface area contributed by atoms with Crippen LogP contribution in [-0.4, -0.2) is 16.7 Å². The van der Waals surface area contributed by atoms with Gasteiger partial charge in [-0.05, 0) is 37.3 Å². The molecule has 22 heavy (non-hydrogen) atoms. The zero-order valence-electron chi connectivity index (χ0n) is 11.9. The Bertz CT molecular complexity index is 737. The summed E-state index contributed by atoms with van der Waals surface area (Å²) in [4.78, 5) is 36.8. The van der Waals surface area contributed by atoms with E-state index >= 15 is 0 Å². The number of carbonyl (C=O) groups is 2. The first-order valence-corrected chi connectivity index (χ1v) is 7.29. The van der Waals surface area contributed by atoms with E-state index in [9.17, 15) is 19.7 Å². The fraction of sp³-hybridized carbons (Fsp3) is 0.375. The summed E-state index contributed by atoms with van der Waals surface area (Å²) in [6, 6.07) is 5.58. The third-order valence-electron chi connectivity index (χ3n) is 5.20. The van der Waals surface area contributed by atoms with E-state index in [1.165, 1.54) is 34.7 Å². The summed E-state index contributed by atoms with van der Waals surface area (Å²) in [6.07, 6.45) is 3.02. The molecule has 112 valence electrons. The highest BCUT2D eigenvalue weighted by Gasteiger charge is 2.60. The van der Waals surface area contributed by atoms with E-state index in [-0.39, 0.29) is 41.2 Å². The molecule has 2 fully saturated rings. The van der Waals surface area contributed by atoms with Gasteiger partial charge in [0, 0.05) is 12.1 Å². The van der Waals surface area contributed by atoms with Crippen molar-refractivity contribution in [3.05, 3.63) is 46.0 Å². The predicted molar refractivity (Wildman–Crippen MR) is 77.9 cm³/mol. The number of amides is 2. The van der Waals surface area contributed by atoms with Crippen molar-refractivity contribution in [1.82, 2.24) is 0 Å². The normalized spacial score (nSPS) is 32.4. The number of non-ortho nitro benzene ring substituents is 1. The minimum absolute atomic E-state index is 0.0550. The number of nitro benzene ring substituents is 1. The van der Waals surface area contributed by atoms with Gasteiger partial charge in [0.25, 0.3) is 5.69 Å². The molecule has 1 heterocycles. The highest BCUT2D eigenvalue weighted by Crippen LogP contribution is 2.55. The van der Waals surface area contributed by atoms with E-state index in [0.717, 1.165) is 6.42 Å². The zero-order chi connectivity index (χ0) is 15.6. The smallest absolute Gasteiger partial charge is 0.269 e. The molecule has 0 unspecified atom stereocenters. The maximum Gasteiger partial charge on any atom is 0.269 e. The SMILES string of the molecule is CC1=C[C@@H]2C[C@@H]1[C@@H]1C(=O)N(c3ccc([N+](=O)[O-])cc3)C(=O)[C@H]12. The summed E-state index contributed by atoms with van der Waals surface area (Å²) in [5.74, 6) is -0.498. The van der Waals surface area contributed by atoms with Crippen molar-refractivity contribution in [3.8, 4) is 0 Å². The number of anilines is 1. The topological polar surface area (TPSA) is 80.5 Å². The molecule has 2 aliphatic carbocycles. The van der Waals surface area contributed by atoms with Gasteiger partial charge in [0.2, 0.25) is 11.8 Å². The van der Waals surface area contributed by atoms with Crippen LogP contribution in [0, 0.1) is 33.8 Å². The quantitative estimate of drug-likeness (QED) is 0.363. The highest BCUT2D eigenvalue weighted by molar-refractivity contribution is 6.22. The average molecular weight is 298 g/mol. The van der Waals surface area contributed by atoms with Gasteiger partial charge in [-0.2, -0.15) is 0 Å². The fourth-order valence-electron chi connectivity index (χ4n) is 4.25. The molecule has 1 aromatic carbocycles. The molecule has 0 spiro atoms. The second-order valence-corrected chi connectivity index (χ2v) is 6.25. The van der Waals surface area contributed by atoms with Crippen molar-refractivity contribution in [2.24, 2.45) is 23.7 Å². The van der Waals surface area contributed by atoms with Gasteiger partial charge in [0.1, 0.15) is 0 Å². The van der Waals surface area contributed by atoms with Gasteiger partial charge in [-0.25, -0.2) is 0 Å². The van der Waals surface area contributed by atoms with Crippen molar-refractivity contribution in [3.63, 3.8) is 0 Å². The molecule has 1 aliphatic heterocycles. The predicted octanol–water partition coefficient (Wildman–Crippen LogP) is 2.30. The minimum atomic E-state index is -0.500. The van der Waals surface area contributed by atoms with E-state index in [2.05, 4.69) is 6.08 Å². The fourth-order valence-corrected chi connectivity index (χ4v) is 4.25. The van der Waals surface area contributed by atoms with Crippen molar-refractivity contribution in [2.45, 2.75) is 13.3 Å². The first kappa shape index (κ1) is 13.2. The van der Waals surface area contributed by atoms with Crippen LogP contribution in [0.15, 0.2) is 35.9 Å². The first-order valence-electron chi connectivity index (χ1n) is 7.29. The summed E-state index contributed by atoms with van der Waals surface area (Å²) in [6.45, 7) is 2.02. The summed E-state index contributed by atoms with van der Waals surface area (Å²) in [5.41, 5.74) is 1.57. The van der Waals surface area contributed by atoms with Crippen LogP contribution in [0.2, 0.25) is 0 Å². The van der Waals surface area contributed by atoms with Crippen LogP contribution >= 0.6 is 0 Å². The van der Waals surface area contributed by atoms with Gasteiger partial charge in [0.05, 0.1) is 22.4 Å². The van der Waals surface area contributed by atoms with Crippen LogP contribution in [-0.2, 0) is 9.59 Å². The number of allylic oxidation sites excluding steroid dienone is 2. The third-order valence-corrected chi connectivity index (χ3v) is 5.20. The number of imide groups is 1. The molecule has 4 atom stereocenters. The van der Waals surface area contributed by atoms with Crippen molar-refractivity contribution in [1.29, 1.82) is 0 Å². The molecular weight excluding hydrogens is 284 g/mol. The van der Waals surface area contributed by atoms with Gasteiger partial charge in [-0.15, -0.1) is 0 Å². The largest absolute Gasteiger partial charge is 0.274 e. The number of fused-ring (bicyclic) bond motifs is 5. The molecule has 2 amide bonds. The average Bonchev–Trinajstić information content (AvgIpc) is 3.11. The van der Waals surface area contributed by atoms with Crippen LogP contribution in [0.3, 0.4) is 0 Å². The van der Waals surface area contributed by atoms with Gasteiger partial charge < -0.3 is 0 Å². The lowest BCUT2D eigenvalue weighted by Gasteiger charge is -2.19. The highest BCUT2D eigenvalue weighted by atomic mass is 16.6. The van der Waals surface area contributed by atoms with Crippen molar-refractivity contribution in [2.75, 3.05) is 4.90 Å². The Hall–Kier alpha value is -2.50. The van der Waals surface area contributed by atoms with Gasteiger partial charge >= 0.3 is 0 Å². The lowest BCUT2D eigenvalue weighted by Crippen LogP contribution is -2.32. The minimum Gasteiger partial charge on any atom is -0.274 e. The first-order chi connectivity index (χ1) is 10.5. The number of nitro groups is 1. The van der Waals surface area contributed by atoms with Crippen molar-refractivity contribution >= 4 is 23.2 Å². The number of nitrogens with zero attached hydrogens (tertiary/aromatic N) is 2. The maximum absolute atomic E-state index is 12.7. The van der Waals surface area contributed by atoms with Crippen LogP contribution in [0.5, 0.6) is 0 Å². The number of rotatable bonds is 2. The Kier molecular flexibility index (Phi) is 2.55. The van der Waals surface area contributed by atoms with E-state index < -0.39 is 4.92 Å². The van der Waals surface area contributed by atoms with Crippen LogP contribution < -0.4 is 4.90 Å². The lowest BCUT2D eigenvalue weighted by molar-refractivity contribution is -0.384. The van der Waals surface area contributed by atoms with Gasteiger partial charge in [0.15, 0.2) is 0 Å². The van der Waals surface area contributed by atoms with Crippen LogP contribution in [0.25, 0.3) is 0 Å². The number of hydrogen-bond donors (Lipinski definition) is 0. The summed E-state index contributed by atoms with van der Waals surface area (Å²) < 4.78 is 0. The summed E-state index contributed by atoms with van der Waals surface area (Å²) in [5, 5.41) is 10.7. The standard InChI is InChI=1S/C16H14N2O4/c1-8-6-9-7-12(8)14-13(9)15(19)17(16(14)20)10-2-4-11(5-3-10)18(21)22/h2-6,9,12-14H,7H2,1H3/t9-,12+,13+,14+/m1/s1. The van der Waals surface area contributed by atoms with E-state index in [4.69, 9.17) is 0 Å². The Morgan fingerprint density at radius 3 is 2.41 bits per heavy atom. The molecular formula is C16H14N2O4. The molecule has 1 saturated heterocycles. The number of benzene rings is 1. The lowest BCUT2D eigenvalue weighted by atomic mass is 9.82. The zero-order valence-corrected chi connectivity index (χ0v) is 11.9. The Morgan fingerprint density at radius 1 is 1.14 bits per heavy atom. The number of carbonyl (C=O) groups excluding carboxylic acids is 2. The molecule has 4 rings (SSSR count). The number of hydrogen-bond acceptors (Lipinski definition) is 4. The second-order valence-electron chi connectivity index (χ2n) is 6.25. The third kappa shape index (κ3) is 1.55. The Morgan fingerprint density at radius 2 is 1.77 bits per heavy atom. The Labute approximate surface area is 126 Å². The van der Waals surface area contributed by atoms with E-state index in [1.807, 2.05) is 6.92 Å². The Balaban J connectivity index is 1.69. The molecule has 0 N–H and O–H groups in total. The molecule has 3 aliphatic rings. The van der Waals surface area contributed by atoms with Gasteiger partial charge in [-0.3, -0.25) is 24.6 Å². The van der Waals surface area contributed by atoms with Crippen LogP contribution in [0.4, 0.5) is 11.4 Å². The van der Waals surface area contributed by atoms with E-state index in [1.54, 1.807) is 0 Å². The maximum atomic E-state index is 12.7. The van der Waals surface area contributed by atoms with E-state index in [0.29, 0.717) is 5.69 Å². The van der Waals surface area contributed by atoms with Gasteiger partial charge in [-0.1, -0.05) is 11.6 Å². The molecule has 6 heteroatoms. The molecule has 1 aromatic rings. The second kappa shape index (κ2) is 4.25. The molecule has 2 bridgehead atoms. The molecule has 6 nitrogen and oxygen atoms in total. The monoisotopic (exact) mass is 298 g/mol. The van der Waals surface area contributed by atoms with Crippen LogP contribution in [0.1, 0.15) is 13.3 Å². The molecule has 1 saturated carbocycles. The van der Waals surface area contributed by atoms with Crippen molar-refractivity contribution < 1.29 is 14.5 Å². The summed E-state index contributed by atoms with van der Waals surface area (Å²) in [7, 11) is 0. The molecule has 0 aromatic heterocycles. The molecule has 0 radical (unpaired) electrons.